The fourth-order valence-electron chi connectivity index (χ4n) is 1.58. The number of halogens is 1. The number of anilines is 1. The third kappa shape index (κ3) is 2.61. The van der Waals surface area contributed by atoms with Crippen LogP contribution in [0.25, 0.3) is 0 Å². The summed E-state index contributed by atoms with van der Waals surface area (Å²) < 4.78 is 5.50. The second kappa shape index (κ2) is 4.80. The molecule has 90 valence electrons. The van der Waals surface area contributed by atoms with Crippen LogP contribution >= 0.6 is 11.6 Å². The van der Waals surface area contributed by atoms with Crippen molar-refractivity contribution in [1.82, 2.24) is 4.98 Å². The SMILES string of the molecule is Cc1nc(CNc2cccc(Cl)c2C)oc1C. The Morgan fingerprint density at radius 3 is 2.71 bits per heavy atom. The molecule has 17 heavy (non-hydrogen) atoms. The summed E-state index contributed by atoms with van der Waals surface area (Å²) >= 11 is 6.05. The first-order valence-corrected chi connectivity index (χ1v) is 5.87. The summed E-state index contributed by atoms with van der Waals surface area (Å²) in [7, 11) is 0. The van der Waals surface area contributed by atoms with E-state index >= 15 is 0 Å². The predicted molar refractivity (Wildman–Crippen MR) is 69.5 cm³/mol. The Balaban J connectivity index is 2.10. The Kier molecular flexibility index (Phi) is 3.38. The molecule has 1 N–H and O–H groups in total. The lowest BCUT2D eigenvalue weighted by molar-refractivity contribution is 0.478. The van der Waals surface area contributed by atoms with Gasteiger partial charge < -0.3 is 9.73 Å². The molecule has 0 amide bonds. The topological polar surface area (TPSA) is 38.1 Å². The maximum Gasteiger partial charge on any atom is 0.213 e. The van der Waals surface area contributed by atoms with Crippen LogP contribution in [-0.2, 0) is 6.54 Å². The Bertz CT molecular complexity index is 515. The van der Waals surface area contributed by atoms with Crippen molar-refractivity contribution in [3.05, 3.63) is 46.1 Å². The van der Waals surface area contributed by atoms with Gasteiger partial charge in [0.1, 0.15) is 5.76 Å². The number of aryl methyl sites for hydroxylation is 2. The van der Waals surface area contributed by atoms with Crippen molar-refractivity contribution < 1.29 is 4.42 Å². The number of rotatable bonds is 3. The standard InChI is InChI=1S/C13H15ClN2O/c1-8-11(14)5-4-6-12(8)15-7-13-16-9(2)10(3)17-13/h4-6,15H,7H2,1-3H3. The van der Waals surface area contributed by atoms with Gasteiger partial charge in [-0.15, -0.1) is 0 Å². The van der Waals surface area contributed by atoms with E-state index in [4.69, 9.17) is 16.0 Å². The van der Waals surface area contributed by atoms with Gasteiger partial charge in [-0.25, -0.2) is 4.98 Å². The lowest BCUT2D eigenvalue weighted by Crippen LogP contribution is -2.01. The molecule has 0 unspecified atom stereocenters. The third-order valence-electron chi connectivity index (χ3n) is 2.77. The third-order valence-corrected chi connectivity index (χ3v) is 3.18. The molecule has 0 aliphatic carbocycles. The maximum atomic E-state index is 6.05. The van der Waals surface area contributed by atoms with E-state index in [0.717, 1.165) is 27.7 Å². The van der Waals surface area contributed by atoms with Gasteiger partial charge in [0.25, 0.3) is 0 Å². The maximum absolute atomic E-state index is 6.05. The minimum absolute atomic E-state index is 0.565. The van der Waals surface area contributed by atoms with Crippen LogP contribution in [0.3, 0.4) is 0 Å². The van der Waals surface area contributed by atoms with Gasteiger partial charge in [0.2, 0.25) is 5.89 Å². The second-order valence-corrected chi connectivity index (χ2v) is 4.42. The van der Waals surface area contributed by atoms with Crippen molar-refractivity contribution in [3.63, 3.8) is 0 Å². The molecule has 0 aliphatic rings. The van der Waals surface area contributed by atoms with Gasteiger partial charge in [-0.05, 0) is 38.5 Å². The summed E-state index contributed by atoms with van der Waals surface area (Å²) in [6, 6.07) is 5.79. The highest BCUT2D eigenvalue weighted by Gasteiger charge is 2.06. The van der Waals surface area contributed by atoms with E-state index in [1.165, 1.54) is 0 Å². The van der Waals surface area contributed by atoms with E-state index in [2.05, 4.69) is 10.3 Å². The number of benzene rings is 1. The lowest BCUT2D eigenvalue weighted by atomic mass is 10.2. The molecule has 2 aromatic rings. The van der Waals surface area contributed by atoms with E-state index in [0.29, 0.717) is 12.4 Å². The van der Waals surface area contributed by atoms with Gasteiger partial charge >= 0.3 is 0 Å². The summed E-state index contributed by atoms with van der Waals surface area (Å²) in [6.45, 7) is 6.40. The Hall–Kier alpha value is -1.48. The summed E-state index contributed by atoms with van der Waals surface area (Å²) in [4.78, 5) is 4.32. The van der Waals surface area contributed by atoms with Crippen molar-refractivity contribution in [2.75, 3.05) is 5.32 Å². The molecule has 2 rings (SSSR count). The molecule has 1 heterocycles. The van der Waals surface area contributed by atoms with Crippen molar-refractivity contribution in [2.24, 2.45) is 0 Å². The van der Waals surface area contributed by atoms with E-state index in [9.17, 15) is 0 Å². The molecule has 1 aromatic heterocycles. The second-order valence-electron chi connectivity index (χ2n) is 4.02. The van der Waals surface area contributed by atoms with Crippen LogP contribution in [0.15, 0.2) is 22.6 Å². The Morgan fingerprint density at radius 2 is 2.06 bits per heavy atom. The van der Waals surface area contributed by atoms with Crippen LogP contribution in [-0.4, -0.2) is 4.98 Å². The van der Waals surface area contributed by atoms with E-state index in [1.807, 2.05) is 39.0 Å². The highest BCUT2D eigenvalue weighted by Crippen LogP contribution is 2.23. The molecule has 0 saturated heterocycles. The molecule has 0 aliphatic heterocycles. The van der Waals surface area contributed by atoms with Gasteiger partial charge in [-0.1, -0.05) is 17.7 Å². The quantitative estimate of drug-likeness (QED) is 0.899. The van der Waals surface area contributed by atoms with E-state index < -0.39 is 0 Å². The van der Waals surface area contributed by atoms with E-state index in [1.54, 1.807) is 0 Å². The van der Waals surface area contributed by atoms with Gasteiger partial charge in [0.05, 0.1) is 12.2 Å². The van der Waals surface area contributed by atoms with E-state index in [-0.39, 0.29) is 0 Å². The van der Waals surface area contributed by atoms with Crippen LogP contribution in [0, 0.1) is 20.8 Å². The fraction of sp³-hybridized carbons (Fsp3) is 0.308. The summed E-state index contributed by atoms with van der Waals surface area (Å²) in [6.07, 6.45) is 0. The zero-order valence-corrected chi connectivity index (χ0v) is 10.9. The van der Waals surface area contributed by atoms with Crippen molar-refractivity contribution in [3.8, 4) is 0 Å². The molecular formula is C13H15ClN2O. The minimum Gasteiger partial charge on any atom is -0.444 e. The van der Waals surface area contributed by atoms with Gasteiger partial charge in [0.15, 0.2) is 0 Å². The zero-order chi connectivity index (χ0) is 12.4. The predicted octanol–water partition coefficient (Wildman–Crippen LogP) is 3.87. The first-order chi connectivity index (χ1) is 8.08. The monoisotopic (exact) mass is 250 g/mol. The largest absolute Gasteiger partial charge is 0.444 e. The smallest absolute Gasteiger partial charge is 0.213 e. The normalized spacial score (nSPS) is 10.6. The van der Waals surface area contributed by atoms with Crippen LogP contribution in [0.1, 0.15) is 22.9 Å². The average molecular weight is 251 g/mol. The molecule has 0 bridgehead atoms. The molecule has 0 fully saturated rings. The lowest BCUT2D eigenvalue weighted by Gasteiger charge is -2.08. The summed E-state index contributed by atoms with van der Waals surface area (Å²) in [5, 5.41) is 4.03. The van der Waals surface area contributed by atoms with Gasteiger partial charge in [-0.3, -0.25) is 0 Å². The number of nitrogens with one attached hydrogen (secondary N) is 1. The first kappa shape index (κ1) is 12.0. The number of hydrogen-bond donors (Lipinski definition) is 1. The van der Waals surface area contributed by atoms with Crippen molar-refractivity contribution in [1.29, 1.82) is 0 Å². The first-order valence-electron chi connectivity index (χ1n) is 5.50. The highest BCUT2D eigenvalue weighted by atomic mass is 35.5. The minimum atomic E-state index is 0.565. The summed E-state index contributed by atoms with van der Waals surface area (Å²) in [5.74, 6) is 1.56. The van der Waals surface area contributed by atoms with Crippen molar-refractivity contribution in [2.45, 2.75) is 27.3 Å². The summed E-state index contributed by atoms with van der Waals surface area (Å²) in [5.41, 5.74) is 2.98. The van der Waals surface area contributed by atoms with Crippen LogP contribution in [0.4, 0.5) is 5.69 Å². The van der Waals surface area contributed by atoms with Gasteiger partial charge in [-0.2, -0.15) is 0 Å². The van der Waals surface area contributed by atoms with Crippen LogP contribution in [0.5, 0.6) is 0 Å². The average Bonchev–Trinajstić information content (AvgIpc) is 2.61. The molecule has 3 nitrogen and oxygen atoms in total. The number of oxazole rings is 1. The molecule has 0 spiro atoms. The Labute approximate surface area is 106 Å². The fourth-order valence-corrected chi connectivity index (χ4v) is 1.76. The van der Waals surface area contributed by atoms with Crippen LogP contribution in [0.2, 0.25) is 5.02 Å². The molecule has 0 atom stereocenters. The molecular weight excluding hydrogens is 236 g/mol. The number of aromatic nitrogens is 1. The number of nitrogens with zero attached hydrogens (tertiary/aromatic N) is 1. The Morgan fingerprint density at radius 1 is 1.29 bits per heavy atom. The van der Waals surface area contributed by atoms with Crippen molar-refractivity contribution >= 4 is 17.3 Å². The molecule has 4 heteroatoms. The zero-order valence-electron chi connectivity index (χ0n) is 10.2. The molecule has 0 radical (unpaired) electrons. The molecule has 0 saturated carbocycles. The van der Waals surface area contributed by atoms with Gasteiger partial charge in [0, 0.05) is 10.7 Å². The highest BCUT2D eigenvalue weighted by molar-refractivity contribution is 6.31. The molecule has 1 aromatic carbocycles. The number of hydrogen-bond acceptors (Lipinski definition) is 3. The van der Waals surface area contributed by atoms with Crippen LogP contribution < -0.4 is 5.32 Å².